The number of hydrogen-bond donors (Lipinski definition) is 1. The van der Waals surface area contributed by atoms with E-state index in [9.17, 15) is 4.79 Å². The topological polar surface area (TPSA) is 38.3 Å². The fraction of sp³-hybridized carbons (Fsp3) is 0.438. The van der Waals surface area contributed by atoms with Crippen molar-refractivity contribution in [3.8, 4) is 5.75 Å². The van der Waals surface area contributed by atoms with E-state index in [4.69, 9.17) is 4.74 Å². The summed E-state index contributed by atoms with van der Waals surface area (Å²) in [4.78, 5) is 11.5. The Bertz CT molecular complexity index is 413. The second-order valence-electron chi connectivity index (χ2n) is 4.48. The smallest absolute Gasteiger partial charge is 0.220 e. The Morgan fingerprint density at radius 2 is 2.26 bits per heavy atom. The van der Waals surface area contributed by atoms with Gasteiger partial charge < -0.3 is 10.1 Å². The molecule has 3 heteroatoms. The van der Waals surface area contributed by atoms with Crippen LogP contribution in [0.4, 0.5) is 0 Å². The predicted molar refractivity (Wildman–Crippen MR) is 78.3 cm³/mol. The van der Waals surface area contributed by atoms with Crippen molar-refractivity contribution in [3.05, 3.63) is 42.0 Å². The Labute approximate surface area is 115 Å². The van der Waals surface area contributed by atoms with Crippen LogP contribution >= 0.6 is 0 Å². The van der Waals surface area contributed by atoms with Crippen molar-refractivity contribution in [2.45, 2.75) is 33.1 Å². The number of allylic oxidation sites excluding steroid dienone is 1. The second-order valence-corrected chi connectivity index (χ2v) is 4.48. The highest BCUT2D eigenvalue weighted by Gasteiger charge is 2.00. The third kappa shape index (κ3) is 7.29. The number of carbonyl (C=O) groups is 1. The molecule has 0 unspecified atom stereocenters. The summed E-state index contributed by atoms with van der Waals surface area (Å²) in [6.45, 7) is 5.29. The van der Waals surface area contributed by atoms with Crippen molar-refractivity contribution in [3.63, 3.8) is 0 Å². The van der Waals surface area contributed by atoms with Gasteiger partial charge >= 0.3 is 0 Å². The zero-order valence-electron chi connectivity index (χ0n) is 11.8. The Morgan fingerprint density at radius 1 is 1.42 bits per heavy atom. The summed E-state index contributed by atoms with van der Waals surface area (Å²) in [5.74, 6) is 0.964. The van der Waals surface area contributed by atoms with Crippen LogP contribution in [0.5, 0.6) is 5.75 Å². The first-order chi connectivity index (χ1) is 9.22. The molecule has 104 valence electrons. The SMILES string of the molecule is C/C=C/CCNC(=O)CCCOc1cccc(C)c1. The zero-order chi connectivity index (χ0) is 13.9. The van der Waals surface area contributed by atoms with E-state index in [1.807, 2.05) is 50.3 Å². The number of hydrogen-bond acceptors (Lipinski definition) is 2. The minimum atomic E-state index is 0.0948. The van der Waals surface area contributed by atoms with Crippen LogP contribution in [-0.2, 0) is 4.79 Å². The lowest BCUT2D eigenvalue weighted by Gasteiger charge is -2.07. The molecule has 0 saturated heterocycles. The molecule has 1 rings (SSSR count). The maximum absolute atomic E-state index is 11.5. The summed E-state index contributed by atoms with van der Waals surface area (Å²) in [6.07, 6.45) is 6.18. The van der Waals surface area contributed by atoms with Gasteiger partial charge in [0, 0.05) is 13.0 Å². The fourth-order valence-corrected chi connectivity index (χ4v) is 1.68. The van der Waals surface area contributed by atoms with Crippen molar-refractivity contribution in [2.75, 3.05) is 13.2 Å². The van der Waals surface area contributed by atoms with Gasteiger partial charge in [0.25, 0.3) is 0 Å². The molecular formula is C16H23NO2. The third-order valence-electron chi connectivity index (χ3n) is 2.68. The van der Waals surface area contributed by atoms with E-state index in [0.717, 1.165) is 18.6 Å². The lowest BCUT2D eigenvalue weighted by molar-refractivity contribution is -0.121. The number of amides is 1. The minimum Gasteiger partial charge on any atom is -0.494 e. The fourth-order valence-electron chi connectivity index (χ4n) is 1.68. The molecule has 19 heavy (non-hydrogen) atoms. The summed E-state index contributed by atoms with van der Waals surface area (Å²) in [6, 6.07) is 7.94. The van der Waals surface area contributed by atoms with E-state index < -0.39 is 0 Å². The molecule has 0 bridgehead atoms. The van der Waals surface area contributed by atoms with Crippen molar-refractivity contribution in [2.24, 2.45) is 0 Å². The lowest BCUT2D eigenvalue weighted by Crippen LogP contribution is -2.24. The Balaban J connectivity index is 2.08. The van der Waals surface area contributed by atoms with E-state index in [-0.39, 0.29) is 5.91 Å². The summed E-state index contributed by atoms with van der Waals surface area (Å²) in [7, 11) is 0. The normalized spacial score (nSPS) is 10.6. The molecule has 1 N–H and O–H groups in total. The van der Waals surface area contributed by atoms with Crippen molar-refractivity contribution in [1.82, 2.24) is 5.32 Å². The monoisotopic (exact) mass is 261 g/mol. The van der Waals surface area contributed by atoms with Crippen molar-refractivity contribution < 1.29 is 9.53 Å². The molecule has 0 aliphatic heterocycles. The number of ether oxygens (including phenoxy) is 1. The van der Waals surface area contributed by atoms with Crippen molar-refractivity contribution >= 4 is 5.91 Å². The van der Waals surface area contributed by atoms with E-state index >= 15 is 0 Å². The average molecular weight is 261 g/mol. The van der Waals surface area contributed by atoms with Gasteiger partial charge in [-0.05, 0) is 44.4 Å². The zero-order valence-corrected chi connectivity index (χ0v) is 11.8. The molecule has 0 radical (unpaired) electrons. The highest BCUT2D eigenvalue weighted by Crippen LogP contribution is 2.12. The first-order valence-corrected chi connectivity index (χ1v) is 6.79. The van der Waals surface area contributed by atoms with Crippen LogP contribution in [0.15, 0.2) is 36.4 Å². The number of aryl methyl sites for hydroxylation is 1. The quantitative estimate of drug-likeness (QED) is 0.576. The van der Waals surface area contributed by atoms with E-state index in [2.05, 4.69) is 5.32 Å². The maximum Gasteiger partial charge on any atom is 0.220 e. The Hall–Kier alpha value is -1.77. The molecule has 0 fully saturated rings. The molecular weight excluding hydrogens is 238 g/mol. The highest BCUT2D eigenvalue weighted by molar-refractivity contribution is 5.75. The Morgan fingerprint density at radius 3 is 3.00 bits per heavy atom. The second kappa shape index (κ2) is 9.20. The highest BCUT2D eigenvalue weighted by atomic mass is 16.5. The van der Waals surface area contributed by atoms with Gasteiger partial charge in [-0.25, -0.2) is 0 Å². The average Bonchev–Trinajstić information content (AvgIpc) is 2.40. The lowest BCUT2D eigenvalue weighted by atomic mass is 10.2. The van der Waals surface area contributed by atoms with Gasteiger partial charge in [0.1, 0.15) is 5.75 Å². The molecule has 0 spiro atoms. The number of nitrogens with one attached hydrogen (secondary N) is 1. The molecule has 1 amide bonds. The van der Waals surface area contributed by atoms with E-state index in [1.54, 1.807) is 0 Å². The molecule has 1 aromatic carbocycles. The van der Waals surface area contributed by atoms with Crippen LogP contribution in [0.25, 0.3) is 0 Å². The summed E-state index contributed by atoms with van der Waals surface area (Å²) in [5.41, 5.74) is 1.18. The number of carbonyl (C=O) groups excluding carboxylic acids is 1. The first kappa shape index (κ1) is 15.3. The summed E-state index contributed by atoms with van der Waals surface area (Å²) in [5, 5.41) is 2.88. The molecule has 0 aliphatic carbocycles. The number of rotatable bonds is 8. The van der Waals surface area contributed by atoms with Crippen LogP contribution in [-0.4, -0.2) is 19.1 Å². The van der Waals surface area contributed by atoms with E-state index in [1.165, 1.54) is 5.56 Å². The summed E-state index contributed by atoms with van der Waals surface area (Å²) >= 11 is 0. The van der Waals surface area contributed by atoms with Crippen LogP contribution < -0.4 is 10.1 Å². The molecule has 3 nitrogen and oxygen atoms in total. The van der Waals surface area contributed by atoms with Gasteiger partial charge in [0.2, 0.25) is 5.91 Å². The van der Waals surface area contributed by atoms with E-state index in [0.29, 0.717) is 19.6 Å². The first-order valence-electron chi connectivity index (χ1n) is 6.79. The molecule has 0 atom stereocenters. The van der Waals surface area contributed by atoms with Crippen LogP contribution in [0.3, 0.4) is 0 Å². The van der Waals surface area contributed by atoms with Crippen molar-refractivity contribution in [1.29, 1.82) is 0 Å². The van der Waals surface area contributed by atoms with Crippen LogP contribution in [0, 0.1) is 6.92 Å². The minimum absolute atomic E-state index is 0.0948. The van der Waals surface area contributed by atoms with Crippen LogP contribution in [0.1, 0.15) is 31.7 Å². The molecule has 1 aromatic rings. The van der Waals surface area contributed by atoms with Gasteiger partial charge in [-0.3, -0.25) is 4.79 Å². The standard InChI is InChI=1S/C16H23NO2/c1-3-4-5-11-17-16(18)10-7-12-19-15-9-6-8-14(2)13-15/h3-4,6,8-9,13H,5,7,10-12H2,1-2H3,(H,17,18)/b4-3+. The Kier molecular flexibility index (Phi) is 7.40. The van der Waals surface area contributed by atoms with Gasteiger partial charge in [-0.15, -0.1) is 0 Å². The molecule has 0 heterocycles. The maximum atomic E-state index is 11.5. The van der Waals surface area contributed by atoms with Gasteiger partial charge in [0.05, 0.1) is 6.61 Å². The predicted octanol–water partition coefficient (Wildman–Crippen LogP) is 3.24. The third-order valence-corrected chi connectivity index (χ3v) is 2.68. The number of benzene rings is 1. The van der Waals surface area contributed by atoms with Gasteiger partial charge in [0.15, 0.2) is 0 Å². The van der Waals surface area contributed by atoms with Crippen LogP contribution in [0.2, 0.25) is 0 Å². The molecule has 0 aliphatic rings. The molecule has 0 aromatic heterocycles. The largest absolute Gasteiger partial charge is 0.494 e. The molecule has 0 saturated carbocycles. The summed E-state index contributed by atoms with van der Waals surface area (Å²) < 4.78 is 5.59. The van der Waals surface area contributed by atoms with Gasteiger partial charge in [-0.2, -0.15) is 0 Å². The van der Waals surface area contributed by atoms with Gasteiger partial charge in [-0.1, -0.05) is 24.3 Å².